The van der Waals surface area contributed by atoms with E-state index in [1.807, 2.05) is 0 Å². The van der Waals surface area contributed by atoms with Crippen molar-refractivity contribution in [1.82, 2.24) is 20.3 Å². The van der Waals surface area contributed by atoms with Crippen molar-refractivity contribution in [3.8, 4) is 11.9 Å². The van der Waals surface area contributed by atoms with E-state index < -0.39 is 42.5 Å². The summed E-state index contributed by atoms with van der Waals surface area (Å²) in [4.78, 5) is 35.8. The van der Waals surface area contributed by atoms with E-state index >= 15 is 0 Å². The van der Waals surface area contributed by atoms with E-state index in [1.165, 1.54) is 12.1 Å². The van der Waals surface area contributed by atoms with E-state index in [4.69, 9.17) is 33.2 Å². The Kier molecular flexibility index (Phi) is 9.52. The average Bonchev–Trinajstić information content (AvgIpc) is 3.34. The molecule has 2 aromatic heterocycles. The van der Waals surface area contributed by atoms with Crippen molar-refractivity contribution in [2.75, 3.05) is 17.2 Å². The van der Waals surface area contributed by atoms with Crippen molar-refractivity contribution in [2.45, 2.75) is 25.6 Å². The smallest absolute Gasteiger partial charge is 0.416 e. The van der Waals surface area contributed by atoms with Crippen molar-refractivity contribution in [3.63, 3.8) is 0 Å². The molecule has 0 aliphatic carbocycles. The number of amides is 2. The second-order valence-electron chi connectivity index (χ2n) is 8.66. The van der Waals surface area contributed by atoms with Gasteiger partial charge in [-0.05, 0) is 42.0 Å². The number of anilines is 3. The number of fused-ring (bicyclic) bond motifs is 1. The van der Waals surface area contributed by atoms with Crippen LogP contribution in [0.1, 0.15) is 27.9 Å². The zero-order chi connectivity index (χ0) is 31.3. The molecular formula is C26H18Cl2F5N7O3. The summed E-state index contributed by atoms with van der Waals surface area (Å²) in [5.74, 6) is -1.88. The highest BCUT2D eigenvalue weighted by atomic mass is 35.5. The molecule has 0 saturated carbocycles. The lowest BCUT2D eigenvalue weighted by Crippen LogP contribution is -2.22. The minimum atomic E-state index is -4.58. The normalized spacial score (nSPS) is 11.3. The van der Waals surface area contributed by atoms with Gasteiger partial charge >= 0.3 is 6.18 Å². The number of halogens is 7. The molecule has 0 unspecified atom stereocenters. The van der Waals surface area contributed by atoms with Crippen LogP contribution in [0.2, 0.25) is 10.0 Å². The van der Waals surface area contributed by atoms with Crippen molar-refractivity contribution in [2.24, 2.45) is 0 Å². The number of ether oxygens (including phenoxy) is 1. The van der Waals surface area contributed by atoms with E-state index in [-0.39, 0.29) is 57.1 Å². The van der Waals surface area contributed by atoms with Crippen LogP contribution >= 0.6 is 23.2 Å². The fourth-order valence-electron chi connectivity index (χ4n) is 3.63. The maximum absolute atomic E-state index is 13.0. The van der Waals surface area contributed by atoms with Gasteiger partial charge in [-0.15, -0.1) is 0 Å². The minimum Gasteiger partial charge on any atom is -0.471 e. The number of aromatic amines is 1. The Morgan fingerprint density at radius 2 is 1.81 bits per heavy atom. The Morgan fingerprint density at radius 1 is 1.09 bits per heavy atom. The number of benzene rings is 2. The van der Waals surface area contributed by atoms with Crippen LogP contribution in [0.5, 0.6) is 5.88 Å². The highest BCUT2D eigenvalue weighted by Gasteiger charge is 2.30. The van der Waals surface area contributed by atoms with Gasteiger partial charge in [-0.3, -0.25) is 9.59 Å². The van der Waals surface area contributed by atoms with Crippen LogP contribution in [0.15, 0.2) is 42.5 Å². The van der Waals surface area contributed by atoms with Crippen LogP contribution in [-0.2, 0) is 17.5 Å². The molecule has 17 heteroatoms. The first-order valence-corrected chi connectivity index (χ1v) is 12.8. The van der Waals surface area contributed by atoms with Crippen molar-refractivity contribution in [1.29, 1.82) is 5.26 Å². The fraction of sp³-hybridized carbons (Fsp3) is 0.192. The number of aromatic nitrogens is 3. The van der Waals surface area contributed by atoms with E-state index in [9.17, 15) is 31.5 Å². The van der Waals surface area contributed by atoms with E-state index in [0.717, 1.165) is 24.3 Å². The molecule has 2 amide bonds. The van der Waals surface area contributed by atoms with Crippen LogP contribution in [0.25, 0.3) is 11.2 Å². The number of hydrogen-bond donors (Lipinski definition) is 4. The summed E-state index contributed by atoms with van der Waals surface area (Å²) < 4.78 is 69.4. The molecule has 0 fully saturated rings. The van der Waals surface area contributed by atoms with Crippen LogP contribution in [-0.4, -0.2) is 39.8 Å². The van der Waals surface area contributed by atoms with Crippen LogP contribution < -0.4 is 20.7 Å². The molecule has 4 aromatic rings. The molecule has 0 aliphatic heterocycles. The van der Waals surface area contributed by atoms with Crippen molar-refractivity contribution >= 4 is 63.5 Å². The highest BCUT2D eigenvalue weighted by Crippen LogP contribution is 2.36. The molecule has 4 rings (SSSR count). The van der Waals surface area contributed by atoms with Gasteiger partial charge in [-0.2, -0.15) is 28.4 Å². The van der Waals surface area contributed by atoms with E-state index in [1.54, 1.807) is 12.1 Å². The molecule has 0 aliphatic rings. The number of imidazole rings is 1. The Balaban J connectivity index is 1.62. The zero-order valence-electron chi connectivity index (χ0n) is 21.5. The number of H-pyrrole nitrogens is 1. The summed E-state index contributed by atoms with van der Waals surface area (Å²) in [6, 6.07) is 9.60. The first kappa shape index (κ1) is 31.3. The number of hydrogen-bond acceptors (Lipinski definition) is 7. The molecule has 10 nitrogen and oxygen atoms in total. The molecule has 224 valence electrons. The van der Waals surface area contributed by atoms with Crippen molar-refractivity contribution in [3.05, 3.63) is 69.2 Å². The van der Waals surface area contributed by atoms with E-state index in [2.05, 4.69) is 30.9 Å². The third-order valence-corrected chi connectivity index (χ3v) is 6.38. The van der Waals surface area contributed by atoms with Gasteiger partial charge in [-0.1, -0.05) is 29.3 Å². The maximum Gasteiger partial charge on any atom is 0.416 e. The second kappa shape index (κ2) is 13.1. The van der Waals surface area contributed by atoms with Crippen LogP contribution in [0, 0.1) is 11.3 Å². The summed E-state index contributed by atoms with van der Waals surface area (Å²) in [6.45, 7) is -1.10. The number of pyridine rings is 1. The number of carbonyl (C=O) groups excluding carboxylic acids is 2. The summed E-state index contributed by atoms with van der Waals surface area (Å²) in [6.07, 6.45) is -7.82. The Hall–Kier alpha value is -4.68. The molecule has 0 spiro atoms. The maximum atomic E-state index is 13.0. The number of rotatable bonds is 10. The number of nitrogens with one attached hydrogen (secondary N) is 4. The lowest BCUT2D eigenvalue weighted by molar-refractivity contribution is -0.137. The van der Waals surface area contributed by atoms with Gasteiger partial charge in [0.15, 0.2) is 12.3 Å². The molecule has 43 heavy (non-hydrogen) atoms. The van der Waals surface area contributed by atoms with Gasteiger partial charge in [0, 0.05) is 12.2 Å². The Morgan fingerprint density at radius 3 is 2.47 bits per heavy atom. The average molecular weight is 642 g/mol. The number of alkyl halides is 5. The van der Waals surface area contributed by atoms with Gasteiger partial charge in [0.05, 0.1) is 32.9 Å². The standard InChI is InChI=1S/C26H18Cl2F5N7O3/c27-16-6-1-12(10-35-19(41)7-8-34)20(28)21(16)38-25-37-17-9-15(24(39-22(17)40-25)43-11-18(29)30)23(42)36-14-4-2-13(3-5-14)26(31,32)33/h1-6,9,18H,7,10-11H2,(H,35,41)(H,36,42)(H2,37,38,39,40). The zero-order valence-corrected chi connectivity index (χ0v) is 23.0. The lowest BCUT2D eigenvalue weighted by atomic mass is 10.2. The first-order chi connectivity index (χ1) is 20.3. The molecule has 0 bridgehead atoms. The molecule has 0 atom stereocenters. The topological polar surface area (TPSA) is 145 Å². The monoisotopic (exact) mass is 641 g/mol. The number of carbonyl (C=O) groups is 2. The summed E-state index contributed by atoms with van der Waals surface area (Å²) in [7, 11) is 0. The molecule has 0 saturated heterocycles. The third kappa shape index (κ3) is 7.79. The summed E-state index contributed by atoms with van der Waals surface area (Å²) in [5, 5.41) is 16.7. The van der Waals surface area contributed by atoms with Crippen molar-refractivity contribution < 1.29 is 36.3 Å². The Labute approximate surface area is 249 Å². The van der Waals surface area contributed by atoms with Gasteiger partial charge in [-0.25, -0.2) is 8.78 Å². The molecule has 0 radical (unpaired) electrons. The fourth-order valence-corrected chi connectivity index (χ4v) is 4.17. The number of nitriles is 1. The van der Waals surface area contributed by atoms with Gasteiger partial charge in [0.25, 0.3) is 12.3 Å². The third-order valence-electron chi connectivity index (χ3n) is 5.63. The van der Waals surface area contributed by atoms with E-state index in [0.29, 0.717) is 5.56 Å². The van der Waals surface area contributed by atoms with Gasteiger partial charge < -0.3 is 25.7 Å². The quantitative estimate of drug-likeness (QED) is 0.146. The summed E-state index contributed by atoms with van der Waals surface area (Å²) >= 11 is 12.8. The second-order valence-corrected chi connectivity index (χ2v) is 9.45. The SMILES string of the molecule is N#CCC(=O)NCc1ccc(Cl)c(Nc2nc3nc(OCC(F)F)c(C(=O)Nc4ccc(C(F)(F)F)cc4)cc3[nH]2)c1Cl. The predicted octanol–water partition coefficient (Wildman–Crippen LogP) is 6.45. The van der Waals surface area contributed by atoms with Crippen LogP contribution in [0.4, 0.5) is 39.3 Å². The molecular weight excluding hydrogens is 624 g/mol. The molecule has 2 aromatic carbocycles. The molecule has 4 N–H and O–H groups in total. The first-order valence-electron chi connectivity index (χ1n) is 12.0. The van der Waals surface area contributed by atoms with Gasteiger partial charge in [0.1, 0.15) is 12.0 Å². The largest absolute Gasteiger partial charge is 0.471 e. The minimum absolute atomic E-state index is 0.00199. The molecule has 2 heterocycles. The van der Waals surface area contributed by atoms with Crippen LogP contribution in [0.3, 0.4) is 0 Å². The Bertz CT molecular complexity index is 1710. The summed E-state index contributed by atoms with van der Waals surface area (Å²) in [5.41, 5.74) is -0.502. The predicted molar refractivity (Wildman–Crippen MR) is 147 cm³/mol. The van der Waals surface area contributed by atoms with Gasteiger partial charge in [0.2, 0.25) is 17.7 Å². The number of nitrogens with zero attached hydrogens (tertiary/aromatic N) is 3. The highest BCUT2D eigenvalue weighted by molar-refractivity contribution is 6.39. The lowest BCUT2D eigenvalue weighted by Gasteiger charge is -2.12.